The molecule has 0 aromatic heterocycles. The molecule has 0 saturated carbocycles. The van der Waals surface area contributed by atoms with E-state index < -0.39 is 0 Å². The Hall–Kier alpha value is -0.160. The van der Waals surface area contributed by atoms with E-state index in [1.807, 2.05) is 0 Å². The van der Waals surface area contributed by atoms with E-state index in [1.165, 1.54) is 0 Å². The first-order valence-corrected chi connectivity index (χ1v) is 11.6. The summed E-state index contributed by atoms with van der Waals surface area (Å²) in [6.45, 7) is 27.2. The molecule has 2 aliphatic rings. The van der Waals surface area contributed by atoms with Crippen LogP contribution < -0.4 is 10.6 Å². The Morgan fingerprint density at radius 2 is 0.828 bits per heavy atom. The minimum Gasteiger partial charge on any atom is -0.372 e. The number of hydrogen-bond donors (Lipinski definition) is 2. The zero-order chi connectivity index (χ0) is 22.5. The highest BCUT2D eigenvalue weighted by molar-refractivity contribution is 5.00. The zero-order valence-corrected chi connectivity index (χ0v) is 21.5. The van der Waals surface area contributed by atoms with E-state index in [2.05, 4.69) is 93.7 Å². The maximum atomic E-state index is 6.72. The summed E-state index contributed by atoms with van der Waals surface area (Å²) >= 11 is 0. The van der Waals surface area contributed by atoms with Gasteiger partial charge in [-0.3, -0.25) is 0 Å². The Balaban J connectivity index is 2.01. The molecule has 2 N–H and O–H groups in total. The van der Waals surface area contributed by atoms with Crippen molar-refractivity contribution in [1.82, 2.24) is 10.6 Å². The number of piperidine rings is 2. The normalized spacial score (nSPS) is 27.7. The quantitative estimate of drug-likeness (QED) is 0.599. The minimum atomic E-state index is -0.227. The molecule has 2 heterocycles. The molecule has 29 heavy (non-hydrogen) atoms. The van der Waals surface area contributed by atoms with Gasteiger partial charge in [-0.05, 0) is 109 Å². The second-order valence-electron chi connectivity index (χ2n) is 13.8. The van der Waals surface area contributed by atoms with E-state index >= 15 is 0 Å². The molecule has 0 unspecified atom stereocenters. The van der Waals surface area contributed by atoms with Gasteiger partial charge in [0.2, 0.25) is 0 Å². The van der Waals surface area contributed by atoms with Crippen molar-refractivity contribution in [3.05, 3.63) is 0 Å². The number of hydrogen-bond acceptors (Lipinski definition) is 4. The molecule has 0 spiro atoms. The van der Waals surface area contributed by atoms with Gasteiger partial charge < -0.3 is 20.1 Å². The van der Waals surface area contributed by atoms with Gasteiger partial charge in [0.25, 0.3) is 0 Å². The van der Waals surface area contributed by atoms with Crippen LogP contribution in [0.4, 0.5) is 0 Å². The molecule has 172 valence electrons. The molecule has 0 aromatic rings. The topological polar surface area (TPSA) is 42.5 Å². The maximum absolute atomic E-state index is 6.72. The summed E-state index contributed by atoms with van der Waals surface area (Å²) < 4.78 is 13.4. The van der Waals surface area contributed by atoms with E-state index in [9.17, 15) is 0 Å². The molecule has 0 amide bonds. The van der Waals surface area contributed by atoms with Gasteiger partial charge in [0, 0.05) is 28.6 Å². The number of rotatable bonds is 6. The van der Waals surface area contributed by atoms with Crippen LogP contribution in [0.25, 0.3) is 0 Å². The summed E-state index contributed by atoms with van der Waals surface area (Å²) in [5.41, 5.74) is -0.0612. The Bertz CT molecular complexity index is 493. The summed E-state index contributed by atoms with van der Waals surface area (Å²) in [7, 11) is 0. The van der Waals surface area contributed by atoms with Crippen LogP contribution >= 0.6 is 0 Å². The molecule has 4 nitrogen and oxygen atoms in total. The summed E-state index contributed by atoms with van der Waals surface area (Å²) in [6, 6.07) is 0. The van der Waals surface area contributed by atoms with Gasteiger partial charge in [-0.1, -0.05) is 0 Å². The summed E-state index contributed by atoms with van der Waals surface area (Å²) in [5, 5.41) is 7.51. The zero-order valence-electron chi connectivity index (χ0n) is 21.5. The van der Waals surface area contributed by atoms with Crippen molar-refractivity contribution in [2.24, 2.45) is 0 Å². The van der Waals surface area contributed by atoms with E-state index in [0.717, 1.165) is 32.1 Å². The average Bonchev–Trinajstić information content (AvgIpc) is 2.25. The Morgan fingerprint density at radius 3 is 1.07 bits per heavy atom. The molecule has 0 bridgehead atoms. The molecular weight excluding hydrogens is 360 g/mol. The lowest BCUT2D eigenvalue weighted by atomic mass is 9.80. The van der Waals surface area contributed by atoms with Crippen LogP contribution in [0.1, 0.15) is 115 Å². The van der Waals surface area contributed by atoms with E-state index in [1.54, 1.807) is 0 Å². The van der Waals surface area contributed by atoms with Gasteiger partial charge in [0.05, 0.1) is 23.4 Å². The molecule has 0 aliphatic carbocycles. The number of ether oxygens (including phenoxy) is 2. The van der Waals surface area contributed by atoms with Gasteiger partial charge in [-0.15, -0.1) is 0 Å². The van der Waals surface area contributed by atoms with Gasteiger partial charge in [-0.25, -0.2) is 0 Å². The third kappa shape index (κ3) is 8.12. The molecule has 4 heteroatoms. The standard InChI is InChI=1S/C25H50N2O2/c1-20(2)13-18(14-21(3,4)26-20)28-24(9,10)17-25(11,12)29-19-15-22(5,6)27-23(7,8)16-19/h18-19,26-27H,13-17H2,1-12H3. The average molecular weight is 411 g/mol. The lowest BCUT2D eigenvalue weighted by Crippen LogP contribution is -2.61. The number of nitrogens with one attached hydrogen (secondary N) is 2. The SMILES string of the molecule is CC1(C)CC(OC(C)(C)CC(C)(C)OC2CC(C)(C)NC(C)(C)C2)CC(C)(C)N1. The highest BCUT2D eigenvalue weighted by atomic mass is 16.5. The molecular formula is C25H50N2O2. The highest BCUT2D eigenvalue weighted by Gasteiger charge is 2.43. The predicted octanol–water partition coefficient (Wildman–Crippen LogP) is 5.59. The Labute approximate surface area is 181 Å². The van der Waals surface area contributed by atoms with Crippen molar-refractivity contribution in [2.75, 3.05) is 0 Å². The molecule has 0 atom stereocenters. The first kappa shape index (κ1) is 25.1. The van der Waals surface area contributed by atoms with E-state index in [-0.39, 0.29) is 45.6 Å². The van der Waals surface area contributed by atoms with Gasteiger partial charge in [0.1, 0.15) is 0 Å². The second-order valence-corrected chi connectivity index (χ2v) is 13.8. The van der Waals surface area contributed by atoms with E-state index in [0.29, 0.717) is 0 Å². The van der Waals surface area contributed by atoms with Crippen LogP contribution in [-0.4, -0.2) is 45.6 Å². The fourth-order valence-corrected chi connectivity index (χ4v) is 6.63. The third-order valence-corrected chi connectivity index (χ3v) is 6.13. The fourth-order valence-electron chi connectivity index (χ4n) is 6.63. The van der Waals surface area contributed by atoms with Crippen molar-refractivity contribution >= 4 is 0 Å². The van der Waals surface area contributed by atoms with Crippen LogP contribution in [0, 0.1) is 0 Å². The van der Waals surface area contributed by atoms with Gasteiger partial charge in [-0.2, -0.15) is 0 Å². The van der Waals surface area contributed by atoms with Crippen molar-refractivity contribution in [2.45, 2.75) is 161 Å². The summed E-state index contributed by atoms with van der Waals surface area (Å²) in [5.74, 6) is 0. The minimum absolute atomic E-state index is 0.0980. The van der Waals surface area contributed by atoms with Crippen LogP contribution in [0.5, 0.6) is 0 Å². The van der Waals surface area contributed by atoms with Crippen LogP contribution in [0.2, 0.25) is 0 Å². The molecule has 2 rings (SSSR count). The van der Waals surface area contributed by atoms with Crippen LogP contribution in [0.3, 0.4) is 0 Å². The van der Waals surface area contributed by atoms with Crippen molar-refractivity contribution in [3.8, 4) is 0 Å². The molecule has 2 aliphatic heterocycles. The predicted molar refractivity (Wildman–Crippen MR) is 124 cm³/mol. The second kappa shape index (κ2) is 7.76. The van der Waals surface area contributed by atoms with Gasteiger partial charge >= 0.3 is 0 Å². The van der Waals surface area contributed by atoms with Crippen molar-refractivity contribution in [1.29, 1.82) is 0 Å². The fraction of sp³-hybridized carbons (Fsp3) is 1.00. The van der Waals surface area contributed by atoms with Crippen LogP contribution in [-0.2, 0) is 9.47 Å². The van der Waals surface area contributed by atoms with Crippen molar-refractivity contribution in [3.63, 3.8) is 0 Å². The van der Waals surface area contributed by atoms with Crippen LogP contribution in [0.15, 0.2) is 0 Å². The Kier molecular flexibility index (Phi) is 6.72. The summed E-state index contributed by atoms with van der Waals surface area (Å²) in [6.07, 6.45) is 5.58. The molecule has 0 radical (unpaired) electrons. The van der Waals surface area contributed by atoms with E-state index in [4.69, 9.17) is 9.47 Å². The lowest BCUT2D eigenvalue weighted by Gasteiger charge is -2.50. The van der Waals surface area contributed by atoms with Gasteiger partial charge in [0.15, 0.2) is 0 Å². The Morgan fingerprint density at radius 1 is 0.586 bits per heavy atom. The third-order valence-electron chi connectivity index (χ3n) is 6.13. The molecule has 2 fully saturated rings. The lowest BCUT2D eigenvalue weighted by molar-refractivity contribution is -0.167. The maximum Gasteiger partial charge on any atom is 0.0657 e. The largest absolute Gasteiger partial charge is 0.372 e. The summed E-state index contributed by atoms with van der Waals surface area (Å²) in [4.78, 5) is 0. The first-order chi connectivity index (χ1) is 12.7. The monoisotopic (exact) mass is 410 g/mol. The smallest absolute Gasteiger partial charge is 0.0657 e. The highest BCUT2D eigenvalue weighted by Crippen LogP contribution is 2.38. The first-order valence-electron chi connectivity index (χ1n) is 11.6. The molecule has 2 saturated heterocycles. The van der Waals surface area contributed by atoms with Crippen molar-refractivity contribution < 1.29 is 9.47 Å². The molecule has 0 aromatic carbocycles.